The van der Waals surface area contributed by atoms with Gasteiger partial charge < -0.3 is 10.2 Å². The summed E-state index contributed by atoms with van der Waals surface area (Å²) in [5.74, 6) is -0.781. The van der Waals surface area contributed by atoms with E-state index >= 15 is 0 Å². The molecule has 7 nitrogen and oxygen atoms in total. The van der Waals surface area contributed by atoms with Gasteiger partial charge >= 0.3 is 0 Å². The number of carbonyl (C=O) groups excluding carboxylic acids is 2. The van der Waals surface area contributed by atoms with Crippen LogP contribution in [0.5, 0.6) is 0 Å². The smallest absolute Gasteiger partial charge is 0.264 e. The highest BCUT2D eigenvalue weighted by Crippen LogP contribution is 2.31. The average Bonchev–Trinajstić information content (AvgIpc) is 2.95. The van der Waals surface area contributed by atoms with Crippen molar-refractivity contribution in [1.82, 2.24) is 10.2 Å². The van der Waals surface area contributed by atoms with Crippen LogP contribution in [0.3, 0.4) is 0 Å². The summed E-state index contributed by atoms with van der Waals surface area (Å²) in [7, 11) is -4.16. The minimum absolute atomic E-state index is 0.0318. The van der Waals surface area contributed by atoms with E-state index in [0.29, 0.717) is 0 Å². The highest BCUT2D eigenvalue weighted by Gasteiger charge is 2.33. The van der Waals surface area contributed by atoms with Crippen molar-refractivity contribution in [3.63, 3.8) is 0 Å². The van der Waals surface area contributed by atoms with Crippen LogP contribution in [-0.4, -0.2) is 43.8 Å². The maximum atomic E-state index is 14.0. The SMILES string of the molecule is C[C@H](C(=O)NC1CCCCC1)N(Cc1cccc(Br)c1)C(=O)CN(c1ccccc1Cl)S(=O)(=O)c1ccccc1. The first-order chi connectivity index (χ1) is 19.2. The van der Waals surface area contributed by atoms with Crippen molar-refractivity contribution in [2.24, 2.45) is 0 Å². The van der Waals surface area contributed by atoms with Crippen molar-refractivity contribution in [2.45, 2.75) is 62.6 Å². The Morgan fingerprint density at radius 1 is 0.975 bits per heavy atom. The molecule has 1 fully saturated rings. The van der Waals surface area contributed by atoms with E-state index < -0.39 is 28.5 Å². The molecule has 0 saturated heterocycles. The highest BCUT2D eigenvalue weighted by atomic mass is 79.9. The van der Waals surface area contributed by atoms with Gasteiger partial charge in [0.25, 0.3) is 10.0 Å². The molecule has 0 aromatic heterocycles. The molecule has 1 saturated carbocycles. The summed E-state index contributed by atoms with van der Waals surface area (Å²) in [5, 5.41) is 3.30. The molecule has 0 unspecified atom stereocenters. The molecule has 0 radical (unpaired) electrons. The largest absolute Gasteiger partial charge is 0.352 e. The van der Waals surface area contributed by atoms with E-state index in [2.05, 4.69) is 21.2 Å². The Balaban J connectivity index is 1.68. The molecule has 2 amide bonds. The molecule has 1 N–H and O–H groups in total. The Hall–Kier alpha value is -2.88. The Kier molecular flexibility index (Phi) is 10.3. The summed E-state index contributed by atoms with van der Waals surface area (Å²) in [6.07, 6.45) is 5.10. The van der Waals surface area contributed by atoms with Crippen LogP contribution >= 0.6 is 27.5 Å². The maximum Gasteiger partial charge on any atom is 0.264 e. The first-order valence-corrected chi connectivity index (χ1v) is 15.9. The fraction of sp³-hybridized carbons (Fsp3) is 0.333. The van der Waals surface area contributed by atoms with Crippen LogP contribution in [0.1, 0.15) is 44.6 Å². The first-order valence-electron chi connectivity index (χ1n) is 13.3. The summed E-state index contributed by atoms with van der Waals surface area (Å²) in [6.45, 7) is 1.27. The molecule has 3 aromatic rings. The zero-order valence-corrected chi connectivity index (χ0v) is 25.5. The minimum atomic E-state index is -4.16. The van der Waals surface area contributed by atoms with Crippen LogP contribution in [0.4, 0.5) is 5.69 Å². The van der Waals surface area contributed by atoms with Gasteiger partial charge in [-0.1, -0.05) is 89.3 Å². The van der Waals surface area contributed by atoms with Crippen molar-refractivity contribution < 1.29 is 18.0 Å². The first kappa shape index (κ1) is 30.1. The lowest BCUT2D eigenvalue weighted by Crippen LogP contribution is -2.53. The molecule has 1 aliphatic rings. The zero-order valence-electron chi connectivity index (χ0n) is 22.3. The molecule has 3 aromatic carbocycles. The lowest BCUT2D eigenvalue weighted by atomic mass is 9.95. The lowest BCUT2D eigenvalue weighted by molar-refractivity contribution is -0.139. The number of rotatable bonds is 10. The van der Waals surface area contributed by atoms with Gasteiger partial charge in [-0.15, -0.1) is 0 Å². The van der Waals surface area contributed by atoms with Gasteiger partial charge in [-0.3, -0.25) is 13.9 Å². The number of carbonyl (C=O) groups is 2. The molecule has 0 aliphatic heterocycles. The fourth-order valence-corrected chi connectivity index (χ4v) is 7.06. The Labute approximate surface area is 249 Å². The molecule has 10 heteroatoms. The van der Waals surface area contributed by atoms with Gasteiger partial charge in [-0.05, 0) is 61.7 Å². The number of amides is 2. The number of benzene rings is 3. The standard InChI is InChI=1S/C30H33BrClN3O4S/c1-22(30(37)33-25-13-4-2-5-14-25)34(20-23-11-10-12-24(31)19-23)29(36)21-35(28-18-9-8-17-27(28)32)40(38,39)26-15-6-3-7-16-26/h3,6-12,15-19,22,25H,2,4-5,13-14,20-21H2,1H3,(H,33,37)/t22-/m1/s1. The quantitative estimate of drug-likeness (QED) is 0.286. The molecule has 212 valence electrons. The number of sulfonamides is 1. The number of hydrogen-bond acceptors (Lipinski definition) is 4. The normalized spacial score (nSPS) is 14.8. The van der Waals surface area contributed by atoms with Crippen molar-refractivity contribution in [1.29, 1.82) is 0 Å². The van der Waals surface area contributed by atoms with Gasteiger partial charge in [0.1, 0.15) is 12.6 Å². The predicted molar refractivity (Wildman–Crippen MR) is 162 cm³/mol. The number of nitrogens with one attached hydrogen (secondary N) is 1. The van der Waals surface area contributed by atoms with Gasteiger partial charge in [-0.2, -0.15) is 0 Å². The lowest BCUT2D eigenvalue weighted by Gasteiger charge is -2.33. The Morgan fingerprint density at radius 3 is 2.33 bits per heavy atom. The molecule has 4 rings (SSSR count). The second-order valence-corrected chi connectivity index (χ2v) is 13.1. The van der Waals surface area contributed by atoms with Crippen LogP contribution in [0, 0.1) is 0 Å². The Morgan fingerprint density at radius 2 is 1.65 bits per heavy atom. The van der Waals surface area contributed by atoms with Crippen LogP contribution in [-0.2, 0) is 26.2 Å². The summed E-state index contributed by atoms with van der Waals surface area (Å²) < 4.78 is 29.5. The van der Waals surface area contributed by atoms with E-state index in [1.807, 2.05) is 24.3 Å². The van der Waals surface area contributed by atoms with Crippen LogP contribution < -0.4 is 9.62 Å². The van der Waals surface area contributed by atoms with E-state index in [9.17, 15) is 18.0 Å². The topological polar surface area (TPSA) is 86.8 Å². The fourth-order valence-electron chi connectivity index (χ4n) is 4.87. The Bertz CT molecular complexity index is 1430. The van der Waals surface area contributed by atoms with Gasteiger partial charge in [0, 0.05) is 17.1 Å². The second-order valence-electron chi connectivity index (χ2n) is 9.95. The minimum Gasteiger partial charge on any atom is -0.352 e. The van der Waals surface area contributed by atoms with Crippen LogP contribution in [0.2, 0.25) is 5.02 Å². The van der Waals surface area contributed by atoms with Crippen molar-refractivity contribution in [3.05, 3.63) is 93.9 Å². The van der Waals surface area contributed by atoms with Gasteiger partial charge in [0.05, 0.1) is 15.6 Å². The third-order valence-corrected chi connectivity index (χ3v) is 9.68. The van der Waals surface area contributed by atoms with Crippen molar-refractivity contribution in [3.8, 4) is 0 Å². The number of nitrogens with zero attached hydrogens (tertiary/aromatic N) is 2. The molecule has 0 bridgehead atoms. The van der Waals surface area contributed by atoms with E-state index in [-0.39, 0.29) is 34.1 Å². The number of anilines is 1. The molecule has 0 spiro atoms. The number of halogens is 2. The van der Waals surface area contributed by atoms with E-state index in [0.717, 1.165) is 46.4 Å². The third kappa shape index (κ3) is 7.44. The summed E-state index contributed by atoms with van der Waals surface area (Å²) >= 11 is 9.91. The molecule has 1 atom stereocenters. The number of para-hydroxylation sites is 1. The van der Waals surface area contributed by atoms with E-state index in [1.165, 1.54) is 17.0 Å². The third-order valence-electron chi connectivity index (χ3n) is 7.09. The molecular formula is C30H33BrClN3O4S. The summed E-state index contributed by atoms with van der Waals surface area (Å²) in [4.78, 5) is 28.9. The zero-order chi connectivity index (χ0) is 28.7. The van der Waals surface area contributed by atoms with Crippen LogP contribution in [0.25, 0.3) is 0 Å². The highest BCUT2D eigenvalue weighted by molar-refractivity contribution is 9.10. The molecular weight excluding hydrogens is 614 g/mol. The van der Waals surface area contributed by atoms with Crippen molar-refractivity contribution in [2.75, 3.05) is 10.8 Å². The van der Waals surface area contributed by atoms with E-state index in [4.69, 9.17) is 11.6 Å². The number of hydrogen-bond donors (Lipinski definition) is 1. The molecule has 40 heavy (non-hydrogen) atoms. The van der Waals surface area contributed by atoms with Gasteiger partial charge in [-0.25, -0.2) is 8.42 Å². The molecule has 1 aliphatic carbocycles. The van der Waals surface area contributed by atoms with E-state index in [1.54, 1.807) is 49.4 Å². The monoisotopic (exact) mass is 645 g/mol. The summed E-state index contributed by atoms with van der Waals surface area (Å²) in [5.41, 5.74) is 0.985. The maximum absolute atomic E-state index is 14.0. The average molecular weight is 647 g/mol. The molecule has 0 heterocycles. The second kappa shape index (κ2) is 13.7. The summed E-state index contributed by atoms with van der Waals surface area (Å²) in [6, 6.07) is 21.1. The van der Waals surface area contributed by atoms with Crippen molar-refractivity contribution >= 4 is 55.1 Å². The predicted octanol–water partition coefficient (Wildman–Crippen LogP) is 6.16. The van der Waals surface area contributed by atoms with Gasteiger partial charge in [0.15, 0.2) is 0 Å². The van der Waals surface area contributed by atoms with Gasteiger partial charge in [0.2, 0.25) is 11.8 Å². The van der Waals surface area contributed by atoms with Crippen LogP contribution in [0.15, 0.2) is 88.2 Å².